The second kappa shape index (κ2) is 4.33. The van der Waals surface area contributed by atoms with Gasteiger partial charge in [0.05, 0.1) is 7.11 Å². The number of nitrogens with one attached hydrogen (secondary N) is 2. The molecule has 1 fully saturated rings. The average Bonchev–Trinajstić information content (AvgIpc) is 2.83. The minimum absolute atomic E-state index is 0.509. The zero-order chi connectivity index (χ0) is 11.7. The highest BCUT2D eigenvalue weighted by atomic mass is 16.5. The summed E-state index contributed by atoms with van der Waals surface area (Å²) in [4.78, 5) is 12.2. The van der Waals surface area contributed by atoms with Crippen molar-refractivity contribution in [3.8, 4) is 5.75 Å². The van der Waals surface area contributed by atoms with Crippen molar-refractivity contribution in [1.82, 2.24) is 20.3 Å². The third-order valence-corrected chi connectivity index (χ3v) is 3.32. The van der Waals surface area contributed by atoms with E-state index in [0.29, 0.717) is 5.92 Å². The number of pyridine rings is 1. The van der Waals surface area contributed by atoms with Gasteiger partial charge >= 0.3 is 0 Å². The minimum atomic E-state index is 0.509. The lowest BCUT2D eigenvalue weighted by atomic mass is 9.98. The number of methoxy groups -OCH3 is 1. The van der Waals surface area contributed by atoms with Crippen LogP contribution in [0.25, 0.3) is 11.2 Å². The standard InChI is InChI=1S/C12H16N4O/c1-17-9-4-7-14-12-10(9)15-11(16-12)8-2-5-13-6-3-8/h4,7-8,13H,2-3,5-6H2,1H3,(H,14,15,16). The Bertz CT molecular complexity index is 516. The summed E-state index contributed by atoms with van der Waals surface area (Å²) >= 11 is 0. The SMILES string of the molecule is COc1ccnc2nc(C3CCNCC3)[nH]c12. The Labute approximate surface area is 99.6 Å². The van der Waals surface area contributed by atoms with Gasteiger partial charge in [-0.2, -0.15) is 0 Å². The van der Waals surface area contributed by atoms with Gasteiger partial charge in [0.25, 0.3) is 0 Å². The number of nitrogens with zero attached hydrogens (tertiary/aromatic N) is 2. The molecule has 2 aromatic heterocycles. The van der Waals surface area contributed by atoms with E-state index in [-0.39, 0.29) is 0 Å². The summed E-state index contributed by atoms with van der Waals surface area (Å²) < 4.78 is 5.30. The third kappa shape index (κ3) is 1.86. The zero-order valence-corrected chi connectivity index (χ0v) is 9.86. The largest absolute Gasteiger partial charge is 0.494 e. The van der Waals surface area contributed by atoms with Crippen LogP contribution >= 0.6 is 0 Å². The first-order chi connectivity index (χ1) is 8.38. The van der Waals surface area contributed by atoms with Gasteiger partial charge in [-0.25, -0.2) is 9.97 Å². The fourth-order valence-corrected chi connectivity index (χ4v) is 2.36. The molecule has 1 saturated heterocycles. The molecule has 0 bridgehead atoms. The maximum atomic E-state index is 5.30. The molecule has 0 aliphatic carbocycles. The van der Waals surface area contributed by atoms with Gasteiger partial charge < -0.3 is 15.0 Å². The van der Waals surface area contributed by atoms with Crippen LogP contribution < -0.4 is 10.1 Å². The molecule has 3 heterocycles. The van der Waals surface area contributed by atoms with Gasteiger partial charge in [0, 0.05) is 18.2 Å². The van der Waals surface area contributed by atoms with E-state index in [1.807, 2.05) is 6.07 Å². The highest BCUT2D eigenvalue weighted by Crippen LogP contribution is 2.27. The summed E-state index contributed by atoms with van der Waals surface area (Å²) in [5.41, 5.74) is 1.65. The highest BCUT2D eigenvalue weighted by molar-refractivity contribution is 5.77. The fraction of sp³-hybridized carbons (Fsp3) is 0.500. The van der Waals surface area contributed by atoms with Crippen LogP contribution in [0.4, 0.5) is 0 Å². The molecule has 1 aliphatic rings. The van der Waals surface area contributed by atoms with Gasteiger partial charge in [-0.05, 0) is 25.9 Å². The lowest BCUT2D eigenvalue weighted by molar-refractivity contribution is 0.418. The number of ether oxygens (including phenoxy) is 1. The van der Waals surface area contributed by atoms with E-state index in [2.05, 4.69) is 20.3 Å². The number of hydrogen-bond donors (Lipinski definition) is 2. The minimum Gasteiger partial charge on any atom is -0.494 e. The van der Waals surface area contributed by atoms with Crippen molar-refractivity contribution in [1.29, 1.82) is 0 Å². The normalized spacial score (nSPS) is 17.5. The fourth-order valence-electron chi connectivity index (χ4n) is 2.36. The van der Waals surface area contributed by atoms with E-state index in [4.69, 9.17) is 4.74 Å². The number of aromatic nitrogens is 3. The van der Waals surface area contributed by atoms with Gasteiger partial charge in [-0.1, -0.05) is 0 Å². The molecule has 0 aromatic carbocycles. The number of aromatic amines is 1. The number of imidazole rings is 1. The van der Waals surface area contributed by atoms with E-state index in [9.17, 15) is 0 Å². The maximum absolute atomic E-state index is 5.30. The Balaban J connectivity index is 2.00. The third-order valence-electron chi connectivity index (χ3n) is 3.32. The molecule has 1 aliphatic heterocycles. The highest BCUT2D eigenvalue weighted by Gasteiger charge is 2.19. The molecular formula is C12H16N4O. The van der Waals surface area contributed by atoms with E-state index < -0.39 is 0 Å². The molecule has 0 spiro atoms. The molecular weight excluding hydrogens is 216 g/mol. The van der Waals surface area contributed by atoms with E-state index >= 15 is 0 Å². The second-order valence-electron chi connectivity index (χ2n) is 4.36. The predicted molar refractivity (Wildman–Crippen MR) is 65.3 cm³/mol. The van der Waals surface area contributed by atoms with Crippen LogP contribution in [0.5, 0.6) is 5.75 Å². The molecule has 5 heteroatoms. The van der Waals surface area contributed by atoms with Gasteiger partial charge in [0.2, 0.25) is 0 Å². The Hall–Kier alpha value is -1.62. The molecule has 17 heavy (non-hydrogen) atoms. The van der Waals surface area contributed by atoms with Crippen molar-refractivity contribution in [2.45, 2.75) is 18.8 Å². The van der Waals surface area contributed by atoms with Crippen molar-refractivity contribution in [2.24, 2.45) is 0 Å². The Morgan fingerprint density at radius 2 is 2.18 bits per heavy atom. The molecule has 2 N–H and O–H groups in total. The quantitative estimate of drug-likeness (QED) is 0.822. The van der Waals surface area contributed by atoms with Crippen molar-refractivity contribution in [3.63, 3.8) is 0 Å². The first-order valence-electron chi connectivity index (χ1n) is 5.98. The van der Waals surface area contributed by atoms with Gasteiger partial charge in [0.15, 0.2) is 5.65 Å². The van der Waals surface area contributed by atoms with Crippen LogP contribution in [0.15, 0.2) is 12.3 Å². The topological polar surface area (TPSA) is 62.8 Å². The van der Waals surface area contributed by atoms with E-state index in [1.54, 1.807) is 13.3 Å². The van der Waals surface area contributed by atoms with Crippen molar-refractivity contribution in [3.05, 3.63) is 18.1 Å². The average molecular weight is 232 g/mol. The summed E-state index contributed by atoms with van der Waals surface area (Å²) in [5.74, 6) is 2.36. The Kier molecular flexibility index (Phi) is 2.68. The lowest BCUT2D eigenvalue weighted by Crippen LogP contribution is -2.27. The molecule has 2 aromatic rings. The number of piperidine rings is 1. The van der Waals surface area contributed by atoms with Crippen LogP contribution in [-0.4, -0.2) is 35.2 Å². The van der Waals surface area contributed by atoms with E-state index in [1.165, 1.54) is 0 Å². The monoisotopic (exact) mass is 232 g/mol. The molecule has 90 valence electrons. The van der Waals surface area contributed by atoms with Gasteiger partial charge in [-0.3, -0.25) is 0 Å². The first kappa shape index (κ1) is 10.5. The molecule has 5 nitrogen and oxygen atoms in total. The molecule has 3 rings (SSSR count). The summed E-state index contributed by atoms with van der Waals surface area (Å²) in [6.07, 6.45) is 3.98. The molecule has 0 saturated carbocycles. The summed E-state index contributed by atoms with van der Waals surface area (Å²) in [7, 11) is 1.67. The summed E-state index contributed by atoms with van der Waals surface area (Å²) in [6, 6.07) is 1.85. The van der Waals surface area contributed by atoms with Gasteiger partial charge in [0.1, 0.15) is 17.1 Å². The smallest absolute Gasteiger partial charge is 0.181 e. The molecule has 0 radical (unpaired) electrons. The van der Waals surface area contributed by atoms with Crippen LogP contribution in [0.2, 0.25) is 0 Å². The Morgan fingerprint density at radius 1 is 1.35 bits per heavy atom. The number of hydrogen-bond acceptors (Lipinski definition) is 4. The zero-order valence-electron chi connectivity index (χ0n) is 9.86. The van der Waals surface area contributed by atoms with Crippen molar-refractivity contribution >= 4 is 11.2 Å². The maximum Gasteiger partial charge on any atom is 0.181 e. The second-order valence-corrected chi connectivity index (χ2v) is 4.36. The van der Waals surface area contributed by atoms with Crippen LogP contribution in [0, 0.1) is 0 Å². The Morgan fingerprint density at radius 3 is 2.94 bits per heavy atom. The lowest BCUT2D eigenvalue weighted by Gasteiger charge is -2.20. The van der Waals surface area contributed by atoms with E-state index in [0.717, 1.165) is 48.7 Å². The van der Waals surface area contributed by atoms with Crippen LogP contribution in [0.1, 0.15) is 24.6 Å². The van der Waals surface area contributed by atoms with Crippen molar-refractivity contribution in [2.75, 3.05) is 20.2 Å². The molecule has 0 amide bonds. The number of fused-ring (bicyclic) bond motifs is 1. The summed E-state index contributed by atoms with van der Waals surface area (Å²) in [5, 5.41) is 3.36. The predicted octanol–water partition coefficient (Wildman–Crippen LogP) is 1.43. The van der Waals surface area contributed by atoms with Crippen LogP contribution in [-0.2, 0) is 0 Å². The molecule has 0 atom stereocenters. The van der Waals surface area contributed by atoms with Gasteiger partial charge in [-0.15, -0.1) is 0 Å². The summed E-state index contributed by atoms with van der Waals surface area (Å²) in [6.45, 7) is 2.12. The van der Waals surface area contributed by atoms with Crippen LogP contribution in [0.3, 0.4) is 0 Å². The number of H-pyrrole nitrogens is 1. The number of rotatable bonds is 2. The molecule has 0 unspecified atom stereocenters. The first-order valence-corrected chi connectivity index (χ1v) is 5.98. The van der Waals surface area contributed by atoms with Crippen molar-refractivity contribution < 1.29 is 4.74 Å².